The second-order valence-electron chi connectivity index (χ2n) is 3.85. The first-order valence-corrected chi connectivity index (χ1v) is 6.03. The van der Waals surface area contributed by atoms with Crippen LogP contribution >= 0.6 is 15.9 Å². The number of nitrogens with one attached hydrogen (secondary N) is 1. The number of hydrogen-bond acceptors (Lipinski definition) is 4. The topological polar surface area (TPSA) is 87.3 Å². The molecular weight excluding hydrogens is 296 g/mol. The Morgan fingerprint density at radius 2 is 2.22 bits per heavy atom. The molecule has 1 aromatic heterocycles. The van der Waals surface area contributed by atoms with E-state index in [0.29, 0.717) is 5.69 Å². The summed E-state index contributed by atoms with van der Waals surface area (Å²) in [5, 5.41) is 9.57. The first kappa shape index (κ1) is 11.0. The lowest BCUT2D eigenvalue weighted by molar-refractivity contribution is 0.456. The molecule has 0 unspecified atom stereocenters. The number of benzene rings is 1. The number of nitrogens with zero attached hydrogens (tertiary/aromatic N) is 2. The number of halogens is 1. The van der Waals surface area contributed by atoms with Gasteiger partial charge >= 0.3 is 0 Å². The van der Waals surface area contributed by atoms with Gasteiger partial charge in [0.15, 0.2) is 0 Å². The molecule has 1 aromatic carbocycles. The van der Waals surface area contributed by atoms with Crippen LogP contribution in [-0.2, 0) is 0 Å². The summed E-state index contributed by atoms with van der Waals surface area (Å²) in [5.74, 6) is 0.0700. The number of hydrogen-bond donors (Lipinski definition) is 3. The van der Waals surface area contributed by atoms with Crippen LogP contribution in [0.4, 0.5) is 11.6 Å². The fourth-order valence-corrected chi connectivity index (χ4v) is 2.32. The van der Waals surface area contributed by atoms with E-state index in [1.165, 1.54) is 0 Å². The van der Waals surface area contributed by atoms with Crippen molar-refractivity contribution >= 4 is 45.4 Å². The molecule has 0 saturated heterocycles. The molecule has 5 nitrogen and oxygen atoms in total. The number of H-pyrrole nitrogens is 1. The number of imidazole rings is 1. The highest BCUT2D eigenvalue weighted by Crippen LogP contribution is 2.38. The van der Waals surface area contributed by atoms with Crippen molar-refractivity contribution in [3.63, 3.8) is 0 Å². The summed E-state index contributed by atoms with van der Waals surface area (Å²) >= 11 is 3.45. The van der Waals surface area contributed by atoms with Crippen LogP contribution in [0.2, 0.25) is 0 Å². The van der Waals surface area contributed by atoms with E-state index in [0.717, 1.165) is 21.3 Å². The Hall–Kier alpha value is -2.08. The second-order valence-corrected chi connectivity index (χ2v) is 4.71. The molecule has 0 bridgehead atoms. The van der Waals surface area contributed by atoms with E-state index in [1.54, 1.807) is 12.3 Å². The molecule has 0 saturated carbocycles. The molecule has 0 amide bonds. The van der Waals surface area contributed by atoms with Crippen LogP contribution in [0.25, 0.3) is 11.6 Å². The van der Waals surface area contributed by atoms with Crippen molar-refractivity contribution in [2.75, 3.05) is 5.73 Å². The Labute approximate surface area is 111 Å². The van der Waals surface area contributed by atoms with E-state index in [-0.39, 0.29) is 11.8 Å². The molecule has 3 rings (SSSR count). The molecule has 1 aliphatic rings. The average Bonchev–Trinajstić information content (AvgIpc) is 2.86. The summed E-state index contributed by atoms with van der Waals surface area (Å²) < 4.78 is 0.938. The van der Waals surface area contributed by atoms with Gasteiger partial charge in [-0.2, -0.15) is 4.98 Å². The number of para-hydroxylation sites is 1. The Balaban J connectivity index is 2.10. The standard InChI is InChI=1S/C12H9BrN4O/c13-8-3-1-2-7-6(5-15-10(7)8)4-9-11(18)17-12(14)16-9/h1-5,18H,(H3,14,16,17)/b6-4+. The summed E-state index contributed by atoms with van der Waals surface area (Å²) in [4.78, 5) is 10.8. The molecule has 0 fully saturated rings. The summed E-state index contributed by atoms with van der Waals surface area (Å²) in [5.41, 5.74) is 8.73. The van der Waals surface area contributed by atoms with Gasteiger partial charge in [0.25, 0.3) is 0 Å². The molecule has 18 heavy (non-hydrogen) atoms. The average molecular weight is 305 g/mol. The second kappa shape index (κ2) is 3.99. The smallest absolute Gasteiger partial charge is 0.238 e. The number of rotatable bonds is 1. The van der Waals surface area contributed by atoms with Crippen LogP contribution in [-0.4, -0.2) is 21.3 Å². The highest BCUT2D eigenvalue weighted by molar-refractivity contribution is 9.10. The predicted molar refractivity (Wildman–Crippen MR) is 74.8 cm³/mol. The van der Waals surface area contributed by atoms with Gasteiger partial charge in [-0.05, 0) is 28.1 Å². The number of aliphatic imine (C=N–C) groups is 1. The minimum atomic E-state index is -0.114. The lowest BCUT2D eigenvalue weighted by atomic mass is 10.1. The molecule has 0 atom stereocenters. The molecule has 2 aromatic rings. The number of nitrogen functional groups attached to an aromatic ring is 1. The fraction of sp³-hybridized carbons (Fsp3) is 0. The van der Waals surface area contributed by atoms with E-state index in [1.807, 2.05) is 18.2 Å². The lowest BCUT2D eigenvalue weighted by Gasteiger charge is -2.00. The minimum absolute atomic E-state index is 0.114. The van der Waals surface area contributed by atoms with Gasteiger partial charge in [-0.1, -0.05) is 12.1 Å². The number of fused-ring (bicyclic) bond motifs is 1. The fourth-order valence-electron chi connectivity index (χ4n) is 1.85. The van der Waals surface area contributed by atoms with Crippen molar-refractivity contribution in [1.82, 2.24) is 9.97 Å². The third-order valence-corrected chi connectivity index (χ3v) is 3.30. The van der Waals surface area contributed by atoms with Gasteiger partial charge < -0.3 is 15.8 Å². The molecule has 0 spiro atoms. The molecule has 0 aliphatic carbocycles. The molecule has 2 heterocycles. The maximum absolute atomic E-state index is 9.57. The van der Waals surface area contributed by atoms with Crippen LogP contribution in [0, 0.1) is 0 Å². The van der Waals surface area contributed by atoms with Crippen molar-refractivity contribution in [1.29, 1.82) is 0 Å². The maximum atomic E-state index is 9.57. The number of anilines is 1. The molecule has 1 aliphatic heterocycles. The molecular formula is C12H9BrN4O. The Bertz CT molecular complexity index is 687. The largest absolute Gasteiger partial charge is 0.492 e. The SMILES string of the molecule is Nc1nc(O)c(/C=C2\C=Nc3c(Br)cccc32)[nH]1. The molecule has 90 valence electrons. The van der Waals surface area contributed by atoms with E-state index in [2.05, 4.69) is 30.9 Å². The van der Waals surface area contributed by atoms with Crippen molar-refractivity contribution in [3.8, 4) is 5.88 Å². The highest BCUT2D eigenvalue weighted by Gasteiger charge is 2.15. The zero-order valence-corrected chi connectivity index (χ0v) is 10.8. The summed E-state index contributed by atoms with van der Waals surface area (Å²) in [6.07, 6.45) is 3.51. The van der Waals surface area contributed by atoms with Crippen molar-refractivity contribution in [3.05, 3.63) is 33.9 Å². The Morgan fingerprint density at radius 3 is 2.94 bits per heavy atom. The van der Waals surface area contributed by atoms with Gasteiger partial charge in [-0.3, -0.25) is 4.99 Å². The zero-order chi connectivity index (χ0) is 12.7. The molecule has 4 N–H and O–H groups in total. The first-order chi connectivity index (χ1) is 8.65. The van der Waals surface area contributed by atoms with E-state index >= 15 is 0 Å². The third-order valence-electron chi connectivity index (χ3n) is 2.66. The first-order valence-electron chi connectivity index (χ1n) is 5.24. The Morgan fingerprint density at radius 1 is 1.39 bits per heavy atom. The van der Waals surface area contributed by atoms with Gasteiger partial charge in [-0.15, -0.1) is 0 Å². The number of aromatic hydroxyl groups is 1. The van der Waals surface area contributed by atoms with Crippen molar-refractivity contribution in [2.45, 2.75) is 0 Å². The van der Waals surface area contributed by atoms with E-state index < -0.39 is 0 Å². The van der Waals surface area contributed by atoms with Crippen LogP contribution in [0.15, 0.2) is 27.7 Å². The van der Waals surface area contributed by atoms with E-state index in [4.69, 9.17) is 5.73 Å². The number of aromatic nitrogens is 2. The minimum Gasteiger partial charge on any atom is -0.492 e. The number of nitrogens with two attached hydrogens (primary N) is 1. The summed E-state index contributed by atoms with van der Waals surface area (Å²) in [7, 11) is 0. The Kier molecular flexibility index (Phi) is 2.45. The van der Waals surface area contributed by atoms with Crippen LogP contribution in [0.1, 0.15) is 11.3 Å². The predicted octanol–water partition coefficient (Wildman–Crippen LogP) is 2.72. The molecule has 0 radical (unpaired) electrons. The van der Waals surface area contributed by atoms with Crippen molar-refractivity contribution < 1.29 is 5.11 Å². The van der Waals surface area contributed by atoms with E-state index in [9.17, 15) is 5.11 Å². The normalized spacial score (nSPS) is 15.3. The summed E-state index contributed by atoms with van der Waals surface area (Å²) in [6.45, 7) is 0. The monoisotopic (exact) mass is 304 g/mol. The zero-order valence-electron chi connectivity index (χ0n) is 9.18. The van der Waals surface area contributed by atoms with Gasteiger partial charge in [0, 0.05) is 21.8 Å². The van der Waals surface area contributed by atoms with Gasteiger partial charge in [0.1, 0.15) is 5.69 Å². The van der Waals surface area contributed by atoms with Gasteiger partial charge in [-0.25, -0.2) is 0 Å². The number of aromatic amines is 1. The molecule has 6 heteroatoms. The van der Waals surface area contributed by atoms with Crippen LogP contribution < -0.4 is 5.73 Å². The third kappa shape index (κ3) is 1.70. The highest BCUT2D eigenvalue weighted by atomic mass is 79.9. The van der Waals surface area contributed by atoms with Gasteiger partial charge in [0.05, 0.1) is 5.69 Å². The quantitative estimate of drug-likeness (QED) is 0.757. The maximum Gasteiger partial charge on any atom is 0.238 e. The van der Waals surface area contributed by atoms with Gasteiger partial charge in [0.2, 0.25) is 11.8 Å². The van der Waals surface area contributed by atoms with Crippen LogP contribution in [0.3, 0.4) is 0 Å². The number of allylic oxidation sites excluding steroid dienone is 1. The van der Waals surface area contributed by atoms with Crippen molar-refractivity contribution in [2.24, 2.45) is 4.99 Å². The lowest BCUT2D eigenvalue weighted by Crippen LogP contribution is -1.85. The van der Waals surface area contributed by atoms with Crippen LogP contribution in [0.5, 0.6) is 5.88 Å². The summed E-state index contributed by atoms with van der Waals surface area (Å²) in [6, 6.07) is 5.84.